The molecule has 3 nitrogen and oxygen atoms in total. The molecule has 0 bridgehead atoms. The second kappa shape index (κ2) is 4.72. The molecule has 0 aromatic heterocycles. The van der Waals surface area contributed by atoms with E-state index >= 15 is 0 Å². The average Bonchev–Trinajstić information content (AvgIpc) is 2.44. The molecular weight excluding hydrogens is 272 g/mol. The summed E-state index contributed by atoms with van der Waals surface area (Å²) in [5.74, 6) is -0.997. The molecule has 0 spiro atoms. The molecule has 0 atom stereocenters. The predicted molar refractivity (Wildman–Crippen MR) is 77.1 cm³/mol. The van der Waals surface area contributed by atoms with Crippen LogP contribution < -0.4 is 0 Å². The molecule has 4 heteroatoms. The highest BCUT2D eigenvalue weighted by atomic mass is 32.2. The topological polar surface area (TPSA) is 51.2 Å². The van der Waals surface area contributed by atoms with Gasteiger partial charge in [-0.2, -0.15) is 0 Å². The van der Waals surface area contributed by atoms with Gasteiger partial charge in [-0.25, -0.2) is 0 Å². The van der Waals surface area contributed by atoms with Gasteiger partial charge in [-0.05, 0) is 23.3 Å². The summed E-state index contributed by atoms with van der Waals surface area (Å²) in [6.07, 6.45) is 0. The van der Waals surface area contributed by atoms with Gasteiger partial charge in [0.1, 0.15) is 0 Å². The van der Waals surface area contributed by atoms with Crippen LogP contribution in [0.2, 0.25) is 0 Å². The number of rotatable bonds is 1. The summed E-state index contributed by atoms with van der Waals surface area (Å²) in [4.78, 5) is 36.1. The average molecular weight is 282 g/mol. The third-order valence-corrected chi connectivity index (χ3v) is 3.94. The smallest absolute Gasteiger partial charge is 0.234 e. The fourth-order valence-corrected chi connectivity index (χ4v) is 2.98. The SMILES string of the molecule is CC(=O)Sc1ccc2c(c1)C(=O)C(=O)c1ccccc1-2. The summed E-state index contributed by atoms with van der Waals surface area (Å²) in [5, 5.41) is -0.0556. The Balaban J connectivity index is 2.21. The van der Waals surface area contributed by atoms with Crippen molar-refractivity contribution < 1.29 is 14.4 Å². The van der Waals surface area contributed by atoms with Gasteiger partial charge >= 0.3 is 0 Å². The maximum Gasteiger partial charge on any atom is 0.234 e. The Morgan fingerprint density at radius 3 is 2.15 bits per heavy atom. The van der Waals surface area contributed by atoms with Crippen molar-refractivity contribution in [3.05, 3.63) is 53.6 Å². The largest absolute Gasteiger partial charge is 0.287 e. The lowest BCUT2D eigenvalue weighted by Gasteiger charge is -2.18. The second-order valence-corrected chi connectivity index (χ2v) is 5.76. The molecule has 3 rings (SSSR count). The zero-order chi connectivity index (χ0) is 14.3. The van der Waals surface area contributed by atoms with E-state index in [9.17, 15) is 14.4 Å². The number of thioether (sulfide) groups is 1. The van der Waals surface area contributed by atoms with Crippen LogP contribution in [0.3, 0.4) is 0 Å². The Kier molecular flexibility index (Phi) is 3.03. The van der Waals surface area contributed by atoms with Gasteiger partial charge in [0.25, 0.3) is 0 Å². The lowest BCUT2D eigenvalue weighted by atomic mass is 9.84. The van der Waals surface area contributed by atoms with Crippen LogP contribution in [0.25, 0.3) is 11.1 Å². The van der Waals surface area contributed by atoms with Crippen molar-refractivity contribution in [3.63, 3.8) is 0 Å². The van der Waals surface area contributed by atoms with Gasteiger partial charge < -0.3 is 0 Å². The van der Waals surface area contributed by atoms with Gasteiger partial charge in [-0.1, -0.05) is 42.1 Å². The van der Waals surface area contributed by atoms with Crippen LogP contribution in [0, 0.1) is 0 Å². The number of carbonyl (C=O) groups excluding carboxylic acids is 3. The molecule has 20 heavy (non-hydrogen) atoms. The van der Waals surface area contributed by atoms with E-state index in [1.165, 1.54) is 6.92 Å². The Labute approximate surface area is 120 Å². The molecule has 0 heterocycles. The number of carbonyl (C=O) groups is 3. The molecular formula is C16H10O3S. The molecule has 0 amide bonds. The van der Waals surface area contributed by atoms with Crippen LogP contribution >= 0.6 is 11.8 Å². The Morgan fingerprint density at radius 1 is 0.850 bits per heavy atom. The molecule has 0 fully saturated rings. The molecule has 98 valence electrons. The minimum atomic E-state index is -0.510. The number of Topliss-reactive ketones (excluding diaryl/α,β-unsaturated/α-hetero) is 2. The standard InChI is InChI=1S/C16H10O3S/c1-9(17)20-10-6-7-12-11-4-2-3-5-13(11)15(18)16(19)14(12)8-10/h2-8H,1H3. The zero-order valence-corrected chi connectivity index (χ0v) is 11.5. The first-order valence-corrected chi connectivity index (χ1v) is 6.90. The minimum absolute atomic E-state index is 0.0556. The van der Waals surface area contributed by atoms with E-state index in [1.54, 1.807) is 30.3 Å². The van der Waals surface area contributed by atoms with Crippen molar-refractivity contribution in [1.82, 2.24) is 0 Å². The van der Waals surface area contributed by atoms with Gasteiger partial charge in [-0.15, -0.1) is 0 Å². The summed E-state index contributed by atoms with van der Waals surface area (Å²) in [6.45, 7) is 1.46. The highest BCUT2D eigenvalue weighted by Gasteiger charge is 2.30. The van der Waals surface area contributed by atoms with Crippen molar-refractivity contribution in [3.8, 4) is 11.1 Å². The van der Waals surface area contributed by atoms with Crippen molar-refractivity contribution in [2.45, 2.75) is 11.8 Å². The zero-order valence-electron chi connectivity index (χ0n) is 10.7. The van der Waals surface area contributed by atoms with Crippen LogP contribution in [0.15, 0.2) is 47.4 Å². The quantitative estimate of drug-likeness (QED) is 0.594. The van der Waals surface area contributed by atoms with Crippen molar-refractivity contribution in [1.29, 1.82) is 0 Å². The van der Waals surface area contributed by atoms with Gasteiger partial charge in [0.2, 0.25) is 11.6 Å². The fraction of sp³-hybridized carbons (Fsp3) is 0.0625. The molecule has 0 N–H and O–H groups in total. The number of hydrogen-bond donors (Lipinski definition) is 0. The number of fused-ring (bicyclic) bond motifs is 3. The first kappa shape index (κ1) is 12.8. The van der Waals surface area contributed by atoms with E-state index in [0.717, 1.165) is 22.9 Å². The molecule has 0 unspecified atom stereocenters. The molecule has 0 aliphatic heterocycles. The van der Waals surface area contributed by atoms with E-state index in [4.69, 9.17) is 0 Å². The van der Waals surface area contributed by atoms with E-state index in [-0.39, 0.29) is 5.12 Å². The van der Waals surface area contributed by atoms with E-state index in [2.05, 4.69) is 0 Å². The van der Waals surface area contributed by atoms with Gasteiger partial charge in [0.05, 0.1) is 0 Å². The lowest BCUT2D eigenvalue weighted by Crippen LogP contribution is -2.21. The molecule has 0 saturated heterocycles. The van der Waals surface area contributed by atoms with Crippen LogP contribution in [-0.2, 0) is 4.79 Å². The van der Waals surface area contributed by atoms with Crippen molar-refractivity contribution >= 4 is 28.4 Å². The summed E-state index contributed by atoms with van der Waals surface area (Å²) in [6, 6.07) is 12.3. The molecule has 2 aromatic carbocycles. The van der Waals surface area contributed by atoms with Gasteiger partial charge in [0, 0.05) is 22.9 Å². The summed E-state index contributed by atoms with van der Waals surface area (Å²) < 4.78 is 0. The third kappa shape index (κ3) is 1.98. The Morgan fingerprint density at radius 2 is 1.45 bits per heavy atom. The van der Waals surface area contributed by atoms with Crippen LogP contribution in [0.1, 0.15) is 27.6 Å². The van der Waals surface area contributed by atoms with Gasteiger partial charge in [0.15, 0.2) is 5.12 Å². The first-order valence-electron chi connectivity index (χ1n) is 6.09. The maximum atomic E-state index is 12.2. The second-order valence-electron chi connectivity index (χ2n) is 4.50. The van der Waals surface area contributed by atoms with Crippen LogP contribution in [0.5, 0.6) is 0 Å². The Bertz CT molecular complexity index is 762. The maximum absolute atomic E-state index is 12.2. The summed E-state index contributed by atoms with van der Waals surface area (Å²) >= 11 is 1.05. The number of benzene rings is 2. The Hall–Kier alpha value is -2.20. The third-order valence-electron chi connectivity index (χ3n) is 3.17. The highest BCUT2D eigenvalue weighted by Crippen LogP contribution is 2.35. The first-order chi connectivity index (χ1) is 9.58. The molecule has 0 saturated carbocycles. The van der Waals surface area contributed by atoms with Crippen LogP contribution in [0.4, 0.5) is 0 Å². The predicted octanol–water partition coefficient (Wildman–Crippen LogP) is 3.37. The number of ketones is 2. The van der Waals surface area contributed by atoms with Crippen molar-refractivity contribution in [2.24, 2.45) is 0 Å². The van der Waals surface area contributed by atoms with Crippen molar-refractivity contribution in [2.75, 3.05) is 0 Å². The van der Waals surface area contributed by atoms with Gasteiger partial charge in [-0.3, -0.25) is 14.4 Å². The number of hydrogen-bond acceptors (Lipinski definition) is 4. The normalized spacial score (nSPS) is 12.8. The van der Waals surface area contributed by atoms with E-state index in [1.807, 2.05) is 12.1 Å². The lowest BCUT2D eigenvalue weighted by molar-refractivity contribution is -0.109. The minimum Gasteiger partial charge on any atom is -0.287 e. The molecule has 1 aliphatic rings. The van der Waals surface area contributed by atoms with E-state index < -0.39 is 11.6 Å². The molecule has 0 radical (unpaired) electrons. The van der Waals surface area contributed by atoms with E-state index in [0.29, 0.717) is 16.0 Å². The summed E-state index contributed by atoms with van der Waals surface area (Å²) in [7, 11) is 0. The molecule has 2 aromatic rings. The monoisotopic (exact) mass is 282 g/mol. The summed E-state index contributed by atoms with van der Waals surface area (Å²) in [5.41, 5.74) is 2.33. The fourth-order valence-electron chi connectivity index (χ4n) is 2.34. The molecule has 1 aliphatic carbocycles. The van der Waals surface area contributed by atoms with Crippen LogP contribution in [-0.4, -0.2) is 16.7 Å². The highest BCUT2D eigenvalue weighted by molar-refractivity contribution is 8.13.